The number of methoxy groups -OCH3 is 1. The van der Waals surface area contributed by atoms with Crippen molar-refractivity contribution in [2.24, 2.45) is 5.41 Å². The summed E-state index contributed by atoms with van der Waals surface area (Å²) in [5, 5.41) is 11.8. The maximum atomic E-state index is 9.92. The van der Waals surface area contributed by atoms with Gasteiger partial charge in [0.15, 0.2) is 0 Å². The standard InChI is InChI=1S/C10H16O2S/c1-10(2,3)9(11)8-5-7(12-4)6-13-8/h5-6,9,11H,1-4H3. The summed E-state index contributed by atoms with van der Waals surface area (Å²) in [5.41, 5.74) is -0.115. The molecule has 0 saturated carbocycles. The molecule has 2 nitrogen and oxygen atoms in total. The summed E-state index contributed by atoms with van der Waals surface area (Å²) in [6.45, 7) is 6.05. The highest BCUT2D eigenvalue weighted by Crippen LogP contribution is 2.37. The van der Waals surface area contributed by atoms with Gasteiger partial charge in [0.25, 0.3) is 0 Å². The van der Waals surface area contributed by atoms with Crippen molar-refractivity contribution in [1.82, 2.24) is 0 Å². The highest BCUT2D eigenvalue weighted by molar-refractivity contribution is 7.10. The van der Waals surface area contributed by atoms with Crippen LogP contribution in [0.4, 0.5) is 0 Å². The number of thiophene rings is 1. The molecule has 0 fully saturated rings. The second-order valence-corrected chi connectivity index (χ2v) is 5.10. The van der Waals surface area contributed by atoms with Crippen LogP contribution in [0.2, 0.25) is 0 Å². The van der Waals surface area contributed by atoms with Crippen molar-refractivity contribution in [3.8, 4) is 5.75 Å². The molecule has 1 atom stereocenters. The van der Waals surface area contributed by atoms with Crippen LogP contribution >= 0.6 is 11.3 Å². The summed E-state index contributed by atoms with van der Waals surface area (Å²) < 4.78 is 5.06. The Morgan fingerprint density at radius 2 is 2.08 bits per heavy atom. The van der Waals surface area contributed by atoms with Gasteiger partial charge in [-0.1, -0.05) is 20.8 Å². The van der Waals surface area contributed by atoms with Crippen molar-refractivity contribution in [3.05, 3.63) is 16.3 Å². The Bertz CT molecular complexity index is 273. The van der Waals surface area contributed by atoms with Crippen molar-refractivity contribution < 1.29 is 9.84 Å². The van der Waals surface area contributed by atoms with E-state index in [0.29, 0.717) is 0 Å². The molecule has 1 rings (SSSR count). The largest absolute Gasteiger partial charge is 0.496 e. The van der Waals surface area contributed by atoms with E-state index in [1.807, 2.05) is 32.2 Å². The molecule has 0 aliphatic heterocycles. The highest BCUT2D eigenvalue weighted by Gasteiger charge is 2.25. The zero-order valence-corrected chi connectivity index (χ0v) is 9.31. The Hall–Kier alpha value is -0.540. The van der Waals surface area contributed by atoms with Crippen molar-refractivity contribution in [2.75, 3.05) is 7.11 Å². The van der Waals surface area contributed by atoms with Crippen LogP contribution in [0.3, 0.4) is 0 Å². The molecule has 13 heavy (non-hydrogen) atoms. The summed E-state index contributed by atoms with van der Waals surface area (Å²) in [6, 6.07) is 1.89. The van der Waals surface area contributed by atoms with Gasteiger partial charge < -0.3 is 9.84 Å². The minimum absolute atomic E-state index is 0.115. The Labute approximate surface area is 83.2 Å². The molecule has 0 aliphatic rings. The predicted molar refractivity (Wildman–Crippen MR) is 55.3 cm³/mol. The number of ether oxygens (including phenoxy) is 1. The summed E-state index contributed by atoms with van der Waals surface area (Å²) in [4.78, 5) is 0.962. The Morgan fingerprint density at radius 1 is 1.46 bits per heavy atom. The van der Waals surface area contributed by atoms with E-state index >= 15 is 0 Å². The second-order valence-electron chi connectivity index (χ2n) is 4.16. The van der Waals surface area contributed by atoms with Crippen LogP contribution in [-0.4, -0.2) is 12.2 Å². The van der Waals surface area contributed by atoms with Crippen LogP contribution < -0.4 is 4.74 Å². The lowest BCUT2D eigenvalue weighted by Gasteiger charge is -2.24. The van der Waals surface area contributed by atoms with E-state index in [-0.39, 0.29) is 5.41 Å². The minimum Gasteiger partial charge on any atom is -0.496 e. The van der Waals surface area contributed by atoms with Crippen molar-refractivity contribution in [2.45, 2.75) is 26.9 Å². The lowest BCUT2D eigenvalue weighted by Crippen LogP contribution is -2.16. The summed E-state index contributed by atoms with van der Waals surface area (Å²) in [7, 11) is 1.63. The highest BCUT2D eigenvalue weighted by atomic mass is 32.1. The summed E-state index contributed by atoms with van der Waals surface area (Å²) in [6.07, 6.45) is -0.415. The van der Waals surface area contributed by atoms with Crippen molar-refractivity contribution >= 4 is 11.3 Å². The molecule has 0 spiro atoms. The molecule has 0 bridgehead atoms. The molecular weight excluding hydrogens is 184 g/mol. The molecule has 1 aromatic rings. The lowest BCUT2D eigenvalue weighted by atomic mass is 9.88. The molecule has 1 heterocycles. The Balaban J connectivity index is 2.83. The van der Waals surface area contributed by atoms with E-state index in [1.165, 1.54) is 11.3 Å². The smallest absolute Gasteiger partial charge is 0.129 e. The average molecular weight is 200 g/mol. The van der Waals surface area contributed by atoms with Gasteiger partial charge in [-0.05, 0) is 11.5 Å². The first kappa shape index (κ1) is 10.5. The van der Waals surface area contributed by atoms with Gasteiger partial charge in [-0.15, -0.1) is 11.3 Å². The number of rotatable bonds is 2. The third kappa shape index (κ3) is 2.45. The molecule has 0 radical (unpaired) electrons. The fourth-order valence-electron chi connectivity index (χ4n) is 1.01. The third-order valence-electron chi connectivity index (χ3n) is 1.92. The van der Waals surface area contributed by atoms with Gasteiger partial charge in [0.1, 0.15) is 5.75 Å². The van der Waals surface area contributed by atoms with E-state index in [4.69, 9.17) is 4.74 Å². The van der Waals surface area contributed by atoms with Crippen LogP contribution in [0.1, 0.15) is 31.8 Å². The van der Waals surface area contributed by atoms with Crippen molar-refractivity contribution in [1.29, 1.82) is 0 Å². The maximum Gasteiger partial charge on any atom is 0.129 e. The number of hydrogen-bond acceptors (Lipinski definition) is 3. The molecule has 0 amide bonds. The normalized spacial score (nSPS) is 14.2. The summed E-state index contributed by atoms with van der Waals surface area (Å²) >= 11 is 1.53. The monoisotopic (exact) mass is 200 g/mol. The lowest BCUT2D eigenvalue weighted by molar-refractivity contribution is 0.0657. The quantitative estimate of drug-likeness (QED) is 0.795. The second kappa shape index (κ2) is 3.68. The Morgan fingerprint density at radius 3 is 2.46 bits per heavy atom. The van der Waals surface area contributed by atoms with E-state index in [9.17, 15) is 5.11 Å². The SMILES string of the molecule is COc1csc(C(O)C(C)(C)C)c1. The zero-order valence-electron chi connectivity index (χ0n) is 8.50. The molecule has 0 aromatic carbocycles. The third-order valence-corrected chi connectivity index (χ3v) is 2.88. The van der Waals surface area contributed by atoms with Gasteiger partial charge in [-0.2, -0.15) is 0 Å². The average Bonchev–Trinajstić information content (AvgIpc) is 2.48. The first-order valence-electron chi connectivity index (χ1n) is 4.25. The fraction of sp³-hybridized carbons (Fsp3) is 0.600. The van der Waals surface area contributed by atoms with Crippen LogP contribution in [0.25, 0.3) is 0 Å². The predicted octanol–water partition coefficient (Wildman–Crippen LogP) is 2.84. The molecular formula is C10H16O2S. The van der Waals surface area contributed by atoms with Gasteiger partial charge in [-0.25, -0.2) is 0 Å². The van der Waals surface area contributed by atoms with Gasteiger partial charge in [0, 0.05) is 10.3 Å². The van der Waals surface area contributed by atoms with Crippen LogP contribution in [-0.2, 0) is 0 Å². The fourth-order valence-corrected chi connectivity index (χ4v) is 2.09. The summed E-state index contributed by atoms with van der Waals surface area (Å²) in [5.74, 6) is 0.822. The maximum absolute atomic E-state index is 9.92. The van der Waals surface area contributed by atoms with Crippen molar-refractivity contribution in [3.63, 3.8) is 0 Å². The first-order valence-corrected chi connectivity index (χ1v) is 5.13. The van der Waals surface area contributed by atoms with E-state index in [2.05, 4.69) is 0 Å². The number of hydrogen-bond donors (Lipinski definition) is 1. The van der Waals surface area contributed by atoms with Crippen LogP contribution in [0, 0.1) is 5.41 Å². The first-order chi connectivity index (χ1) is 5.95. The van der Waals surface area contributed by atoms with Crippen LogP contribution in [0.5, 0.6) is 5.75 Å². The van der Waals surface area contributed by atoms with Gasteiger partial charge in [0.05, 0.1) is 13.2 Å². The zero-order chi connectivity index (χ0) is 10.1. The number of aliphatic hydroxyl groups excluding tert-OH is 1. The molecule has 3 heteroatoms. The number of aliphatic hydroxyl groups is 1. The van der Waals surface area contributed by atoms with Gasteiger partial charge in [-0.3, -0.25) is 0 Å². The molecule has 1 N–H and O–H groups in total. The van der Waals surface area contributed by atoms with Gasteiger partial charge in [0.2, 0.25) is 0 Å². The molecule has 1 aromatic heterocycles. The molecule has 0 aliphatic carbocycles. The molecule has 74 valence electrons. The van der Waals surface area contributed by atoms with E-state index in [1.54, 1.807) is 7.11 Å². The molecule has 1 unspecified atom stereocenters. The minimum atomic E-state index is -0.415. The Kier molecular flexibility index (Phi) is 2.98. The van der Waals surface area contributed by atoms with Gasteiger partial charge >= 0.3 is 0 Å². The topological polar surface area (TPSA) is 29.5 Å². The van der Waals surface area contributed by atoms with E-state index in [0.717, 1.165) is 10.6 Å². The van der Waals surface area contributed by atoms with Crippen LogP contribution in [0.15, 0.2) is 11.4 Å². The van der Waals surface area contributed by atoms with E-state index < -0.39 is 6.10 Å². The molecule has 0 saturated heterocycles.